The number of hydrogen-bond donors (Lipinski definition) is 1. The molecule has 1 heterocycles. The van der Waals surface area contributed by atoms with Gasteiger partial charge in [0.25, 0.3) is 5.91 Å². The van der Waals surface area contributed by atoms with E-state index in [9.17, 15) is 14.4 Å². The first kappa shape index (κ1) is 21.5. The number of methoxy groups -OCH3 is 1. The lowest BCUT2D eigenvalue weighted by Crippen LogP contribution is -2.46. The van der Waals surface area contributed by atoms with Crippen molar-refractivity contribution < 1.29 is 29.0 Å². The number of likely N-dealkylation sites (N-methyl/N-ethyl adjacent to an activating group) is 1. The van der Waals surface area contributed by atoms with E-state index in [1.165, 1.54) is 16.9 Å². The summed E-state index contributed by atoms with van der Waals surface area (Å²) < 4.78 is 10.9. The van der Waals surface area contributed by atoms with Crippen LogP contribution in [-0.4, -0.2) is 72.6 Å². The normalized spacial score (nSPS) is 16.6. The first-order chi connectivity index (χ1) is 13.2. The van der Waals surface area contributed by atoms with E-state index in [1.54, 1.807) is 25.2 Å². The van der Waals surface area contributed by atoms with Gasteiger partial charge in [0.1, 0.15) is 0 Å². The average molecular weight is 392 g/mol. The number of carbonyl (C=O) groups excluding carboxylic acids is 2. The molecule has 1 aromatic carbocycles. The van der Waals surface area contributed by atoms with Crippen molar-refractivity contribution in [1.82, 2.24) is 9.80 Å². The minimum Gasteiger partial charge on any atom is -0.493 e. The van der Waals surface area contributed by atoms with Gasteiger partial charge < -0.3 is 24.4 Å². The summed E-state index contributed by atoms with van der Waals surface area (Å²) in [6, 6.07) is 4.89. The van der Waals surface area contributed by atoms with Crippen LogP contribution >= 0.6 is 0 Å². The molecule has 0 spiro atoms. The molecule has 1 aromatic rings. The number of rotatable bonds is 7. The highest BCUT2D eigenvalue weighted by molar-refractivity contribution is 5.97. The number of ether oxygens (including phenoxy) is 2. The highest BCUT2D eigenvalue weighted by Gasteiger charge is 2.29. The van der Waals surface area contributed by atoms with Gasteiger partial charge in [-0.25, -0.2) is 0 Å². The predicted octanol–water partition coefficient (Wildman–Crippen LogP) is 1.88. The lowest BCUT2D eigenvalue weighted by molar-refractivity contribution is -0.145. The lowest BCUT2D eigenvalue weighted by atomic mass is 9.98. The Morgan fingerprint density at radius 2 is 2.00 bits per heavy atom. The smallest absolute Gasteiger partial charge is 0.308 e. The van der Waals surface area contributed by atoms with Crippen LogP contribution in [0.2, 0.25) is 0 Å². The van der Waals surface area contributed by atoms with Crippen molar-refractivity contribution in [2.24, 2.45) is 5.92 Å². The van der Waals surface area contributed by atoms with Crippen molar-refractivity contribution in [2.45, 2.75) is 32.8 Å². The monoisotopic (exact) mass is 392 g/mol. The molecule has 0 bridgehead atoms. The van der Waals surface area contributed by atoms with Crippen molar-refractivity contribution in [2.75, 3.05) is 33.8 Å². The Kier molecular flexibility index (Phi) is 7.25. The molecule has 28 heavy (non-hydrogen) atoms. The number of piperidine rings is 1. The Labute approximate surface area is 165 Å². The van der Waals surface area contributed by atoms with E-state index in [0.717, 1.165) is 0 Å². The fourth-order valence-electron chi connectivity index (χ4n) is 3.15. The number of nitrogens with zero attached hydrogens (tertiary/aromatic N) is 2. The summed E-state index contributed by atoms with van der Waals surface area (Å²) in [5, 5.41) is 9.16. The summed E-state index contributed by atoms with van der Waals surface area (Å²) in [6.45, 7) is 4.38. The van der Waals surface area contributed by atoms with E-state index in [0.29, 0.717) is 36.4 Å². The molecule has 1 N–H and O–H groups in total. The number of amides is 2. The van der Waals surface area contributed by atoms with Gasteiger partial charge >= 0.3 is 5.97 Å². The Bertz CT molecular complexity index is 733. The Balaban J connectivity index is 2.03. The second kappa shape index (κ2) is 9.43. The van der Waals surface area contributed by atoms with E-state index < -0.39 is 11.9 Å². The molecule has 1 aliphatic rings. The van der Waals surface area contributed by atoms with Gasteiger partial charge in [0.05, 0.1) is 25.7 Å². The summed E-state index contributed by atoms with van der Waals surface area (Å²) in [5.41, 5.74) is 0.380. The molecule has 1 unspecified atom stereocenters. The molecule has 0 aliphatic carbocycles. The molecule has 0 saturated carbocycles. The molecule has 154 valence electrons. The van der Waals surface area contributed by atoms with Crippen LogP contribution in [0.25, 0.3) is 0 Å². The second-order valence-corrected chi connectivity index (χ2v) is 7.21. The summed E-state index contributed by atoms with van der Waals surface area (Å²) in [7, 11) is 3.04. The molecule has 2 amide bonds. The number of benzene rings is 1. The van der Waals surface area contributed by atoms with Crippen LogP contribution in [0.1, 0.15) is 37.0 Å². The number of aliphatic carboxylic acids is 1. The molecular formula is C20H28N2O6. The van der Waals surface area contributed by atoms with Gasteiger partial charge in [0.2, 0.25) is 5.91 Å². The maximum absolute atomic E-state index is 12.7. The van der Waals surface area contributed by atoms with E-state index in [4.69, 9.17) is 14.6 Å². The van der Waals surface area contributed by atoms with Gasteiger partial charge in [0, 0.05) is 25.7 Å². The van der Waals surface area contributed by atoms with Crippen LogP contribution < -0.4 is 9.47 Å². The summed E-state index contributed by atoms with van der Waals surface area (Å²) in [4.78, 5) is 39.2. The quantitative estimate of drug-likeness (QED) is 0.761. The zero-order valence-electron chi connectivity index (χ0n) is 16.8. The zero-order chi connectivity index (χ0) is 20.8. The molecule has 1 fully saturated rings. The van der Waals surface area contributed by atoms with E-state index in [2.05, 4.69) is 0 Å². The van der Waals surface area contributed by atoms with Crippen molar-refractivity contribution in [3.8, 4) is 11.5 Å². The van der Waals surface area contributed by atoms with Gasteiger partial charge in [-0.05, 0) is 44.9 Å². The SMILES string of the molecule is COc1cc(C(=O)N(C)CC(=O)N2CCCC(C(=O)O)C2)ccc1OC(C)C. The minimum atomic E-state index is -0.891. The highest BCUT2D eigenvalue weighted by atomic mass is 16.5. The van der Waals surface area contributed by atoms with Gasteiger partial charge in [-0.3, -0.25) is 14.4 Å². The van der Waals surface area contributed by atoms with Crippen LogP contribution in [0.15, 0.2) is 18.2 Å². The van der Waals surface area contributed by atoms with Gasteiger partial charge in [-0.2, -0.15) is 0 Å². The molecule has 2 rings (SSSR count). The predicted molar refractivity (Wildman–Crippen MR) is 103 cm³/mol. The molecule has 8 nitrogen and oxygen atoms in total. The third-order valence-electron chi connectivity index (χ3n) is 4.62. The molecule has 0 aromatic heterocycles. The fourth-order valence-corrected chi connectivity index (χ4v) is 3.15. The third kappa shape index (κ3) is 5.37. The molecule has 1 aliphatic heterocycles. The maximum atomic E-state index is 12.7. The van der Waals surface area contributed by atoms with Gasteiger partial charge in [-0.15, -0.1) is 0 Å². The lowest BCUT2D eigenvalue weighted by Gasteiger charge is -2.32. The summed E-state index contributed by atoms with van der Waals surface area (Å²) in [6.07, 6.45) is 1.18. The molecule has 0 radical (unpaired) electrons. The number of carbonyl (C=O) groups is 3. The first-order valence-corrected chi connectivity index (χ1v) is 9.33. The molecule has 8 heteroatoms. The van der Waals surface area contributed by atoms with Crippen molar-refractivity contribution in [3.63, 3.8) is 0 Å². The number of carboxylic acids is 1. The summed E-state index contributed by atoms with van der Waals surface area (Å²) >= 11 is 0. The minimum absolute atomic E-state index is 0.0325. The van der Waals surface area contributed by atoms with Crippen LogP contribution in [0.5, 0.6) is 11.5 Å². The number of carboxylic acid groups (broad SMARTS) is 1. The van der Waals surface area contributed by atoms with E-state index >= 15 is 0 Å². The number of hydrogen-bond acceptors (Lipinski definition) is 5. The maximum Gasteiger partial charge on any atom is 0.308 e. The molecule has 1 saturated heterocycles. The van der Waals surface area contributed by atoms with Gasteiger partial charge in [0.15, 0.2) is 11.5 Å². The van der Waals surface area contributed by atoms with Crippen molar-refractivity contribution >= 4 is 17.8 Å². The van der Waals surface area contributed by atoms with Crippen LogP contribution in [0, 0.1) is 5.92 Å². The highest BCUT2D eigenvalue weighted by Crippen LogP contribution is 2.29. The topological polar surface area (TPSA) is 96.4 Å². The average Bonchev–Trinajstić information content (AvgIpc) is 2.67. The van der Waals surface area contributed by atoms with Crippen LogP contribution in [-0.2, 0) is 9.59 Å². The Morgan fingerprint density at radius 1 is 1.29 bits per heavy atom. The van der Waals surface area contributed by atoms with Crippen molar-refractivity contribution in [3.05, 3.63) is 23.8 Å². The Morgan fingerprint density at radius 3 is 2.61 bits per heavy atom. The second-order valence-electron chi connectivity index (χ2n) is 7.21. The van der Waals surface area contributed by atoms with E-state index in [1.807, 2.05) is 13.8 Å². The number of likely N-dealkylation sites (tertiary alicyclic amines) is 1. The summed E-state index contributed by atoms with van der Waals surface area (Å²) in [5.74, 6) is -1.03. The molecular weight excluding hydrogens is 364 g/mol. The van der Waals surface area contributed by atoms with Crippen LogP contribution in [0.3, 0.4) is 0 Å². The largest absolute Gasteiger partial charge is 0.493 e. The first-order valence-electron chi connectivity index (χ1n) is 9.33. The zero-order valence-corrected chi connectivity index (χ0v) is 16.8. The standard InChI is InChI=1S/C20H28N2O6/c1-13(2)28-16-8-7-14(10-17(16)27-4)19(24)21(3)12-18(23)22-9-5-6-15(11-22)20(25)26/h7-8,10,13,15H,5-6,9,11-12H2,1-4H3,(H,25,26). The van der Waals surface area contributed by atoms with Crippen LogP contribution in [0.4, 0.5) is 0 Å². The third-order valence-corrected chi connectivity index (χ3v) is 4.62. The van der Waals surface area contributed by atoms with E-state index in [-0.39, 0.29) is 31.0 Å². The fraction of sp³-hybridized carbons (Fsp3) is 0.550. The Hall–Kier alpha value is -2.77. The molecule has 1 atom stereocenters. The van der Waals surface area contributed by atoms with Gasteiger partial charge in [-0.1, -0.05) is 0 Å². The van der Waals surface area contributed by atoms with Crippen molar-refractivity contribution in [1.29, 1.82) is 0 Å².